The van der Waals surface area contributed by atoms with Gasteiger partial charge in [0.2, 0.25) is 5.41 Å². The molecular weight excluding hydrogens is 659 g/mol. The number of benzene rings is 4. The summed E-state index contributed by atoms with van der Waals surface area (Å²) in [6.07, 6.45) is -5.01. The molecule has 0 radical (unpaired) electrons. The van der Waals surface area contributed by atoms with Crippen LogP contribution in [0.3, 0.4) is 0 Å². The van der Waals surface area contributed by atoms with E-state index in [-0.39, 0.29) is 41.2 Å². The van der Waals surface area contributed by atoms with Gasteiger partial charge in [0.15, 0.2) is 0 Å². The highest BCUT2D eigenvalue weighted by Gasteiger charge is 2.52. The van der Waals surface area contributed by atoms with Crippen LogP contribution in [0.5, 0.6) is 0 Å². The van der Waals surface area contributed by atoms with Crippen LogP contribution in [-0.2, 0) is 46.6 Å². The van der Waals surface area contributed by atoms with Crippen molar-refractivity contribution in [3.8, 4) is 11.1 Å². The van der Waals surface area contributed by atoms with Crippen LogP contribution in [0.2, 0.25) is 0 Å². The molecule has 2 N–H and O–H groups in total. The molecule has 0 saturated carbocycles. The Labute approximate surface area is 284 Å². The highest BCUT2D eigenvalue weighted by molar-refractivity contribution is 6.11. The van der Waals surface area contributed by atoms with E-state index in [1.807, 2.05) is 0 Å². The molecule has 0 bridgehead atoms. The lowest BCUT2D eigenvalue weighted by Gasteiger charge is -2.29. The molecule has 50 heavy (non-hydrogen) atoms. The summed E-state index contributed by atoms with van der Waals surface area (Å²) in [7, 11) is 0. The van der Waals surface area contributed by atoms with E-state index < -0.39 is 60.0 Å². The van der Waals surface area contributed by atoms with Crippen molar-refractivity contribution in [3.63, 3.8) is 0 Å². The smallest absolute Gasteiger partial charge is 0.416 e. The maximum atomic E-state index is 13.3. The molecule has 0 heterocycles. The first-order valence-electron chi connectivity index (χ1n) is 15.3. The number of carboxylic acid groups (broad SMARTS) is 1. The van der Waals surface area contributed by atoms with Gasteiger partial charge < -0.3 is 24.6 Å². The van der Waals surface area contributed by atoms with Crippen LogP contribution in [0.1, 0.15) is 51.3 Å². The SMILES string of the molecule is CCOC(=O)C(COC(=O)Cc1ccc(NC(=O)c2ccccc2-c2ccc(C(F)(F)F)cc2)c(C(=O)O)c1)(C(=O)OCC)c1ccccc1. The number of amides is 1. The molecule has 0 saturated heterocycles. The number of halogens is 3. The predicted octanol–water partition coefficient (Wildman–Crippen LogP) is 6.47. The van der Waals surface area contributed by atoms with Crippen LogP contribution in [0, 0.1) is 0 Å². The Kier molecular flexibility index (Phi) is 11.8. The van der Waals surface area contributed by atoms with E-state index >= 15 is 0 Å². The topological polar surface area (TPSA) is 145 Å². The highest BCUT2D eigenvalue weighted by Crippen LogP contribution is 2.33. The second-order valence-electron chi connectivity index (χ2n) is 10.8. The average molecular weight is 692 g/mol. The molecule has 4 rings (SSSR count). The number of rotatable bonds is 13. The van der Waals surface area contributed by atoms with Crippen LogP contribution in [0.15, 0.2) is 97.1 Å². The Morgan fingerprint density at radius 3 is 1.88 bits per heavy atom. The summed E-state index contributed by atoms with van der Waals surface area (Å²) in [4.78, 5) is 65.0. The lowest BCUT2D eigenvalue weighted by atomic mass is 9.81. The van der Waals surface area contributed by atoms with E-state index in [2.05, 4.69) is 5.32 Å². The van der Waals surface area contributed by atoms with Gasteiger partial charge in [-0.15, -0.1) is 0 Å². The molecule has 4 aromatic rings. The third-order valence-corrected chi connectivity index (χ3v) is 7.57. The van der Waals surface area contributed by atoms with Gasteiger partial charge in [-0.2, -0.15) is 13.2 Å². The van der Waals surface area contributed by atoms with Crippen LogP contribution in [0.4, 0.5) is 18.9 Å². The number of carbonyl (C=O) groups excluding carboxylic acids is 4. The van der Waals surface area contributed by atoms with E-state index in [1.165, 1.54) is 42.5 Å². The van der Waals surface area contributed by atoms with Crippen molar-refractivity contribution in [2.24, 2.45) is 0 Å². The molecule has 13 heteroatoms. The minimum absolute atomic E-state index is 0.0672. The average Bonchev–Trinajstić information content (AvgIpc) is 3.09. The van der Waals surface area contributed by atoms with E-state index in [0.29, 0.717) is 11.1 Å². The normalized spacial score (nSPS) is 11.3. The van der Waals surface area contributed by atoms with E-state index in [0.717, 1.165) is 18.2 Å². The fraction of sp³-hybridized carbons (Fsp3) is 0.216. The van der Waals surface area contributed by atoms with Gasteiger partial charge in [0.1, 0.15) is 6.61 Å². The summed E-state index contributed by atoms with van der Waals surface area (Å²) >= 11 is 0. The molecule has 4 aromatic carbocycles. The molecular formula is C37H32F3NO9. The molecule has 0 atom stereocenters. The Balaban J connectivity index is 1.55. The zero-order chi connectivity index (χ0) is 36.5. The fourth-order valence-corrected chi connectivity index (χ4v) is 5.11. The molecule has 0 fully saturated rings. The maximum absolute atomic E-state index is 13.3. The molecule has 260 valence electrons. The molecule has 1 amide bonds. The minimum atomic E-state index is -4.54. The molecule has 0 unspecified atom stereocenters. The van der Waals surface area contributed by atoms with E-state index in [9.17, 15) is 42.3 Å². The Morgan fingerprint density at radius 1 is 0.700 bits per heavy atom. The molecule has 0 aromatic heterocycles. The predicted molar refractivity (Wildman–Crippen MR) is 174 cm³/mol. The van der Waals surface area contributed by atoms with E-state index in [4.69, 9.17) is 14.2 Å². The molecule has 0 aliphatic rings. The number of ether oxygens (including phenoxy) is 3. The number of alkyl halides is 3. The quantitative estimate of drug-likeness (QED) is 0.0915. The first-order chi connectivity index (χ1) is 23.8. The second-order valence-corrected chi connectivity index (χ2v) is 10.8. The van der Waals surface area contributed by atoms with Crippen molar-refractivity contribution in [2.45, 2.75) is 31.9 Å². The van der Waals surface area contributed by atoms with Gasteiger partial charge in [0.05, 0.1) is 36.4 Å². The van der Waals surface area contributed by atoms with Crippen molar-refractivity contribution in [1.29, 1.82) is 0 Å². The van der Waals surface area contributed by atoms with Crippen LogP contribution < -0.4 is 5.32 Å². The first-order valence-corrected chi connectivity index (χ1v) is 15.3. The number of hydrogen-bond donors (Lipinski definition) is 2. The highest BCUT2D eigenvalue weighted by atomic mass is 19.4. The number of hydrogen-bond acceptors (Lipinski definition) is 8. The number of carbonyl (C=O) groups is 5. The Morgan fingerprint density at radius 2 is 1.30 bits per heavy atom. The molecule has 10 nitrogen and oxygen atoms in total. The third-order valence-electron chi connectivity index (χ3n) is 7.57. The summed E-state index contributed by atoms with van der Waals surface area (Å²) < 4.78 is 55.0. The summed E-state index contributed by atoms with van der Waals surface area (Å²) in [6.45, 7) is 2.21. The van der Waals surface area contributed by atoms with Gasteiger partial charge in [-0.25, -0.2) is 4.79 Å². The zero-order valence-electron chi connectivity index (χ0n) is 26.9. The number of anilines is 1. The van der Waals surface area contributed by atoms with Gasteiger partial charge in [0, 0.05) is 5.56 Å². The molecule has 0 aliphatic carbocycles. The van der Waals surface area contributed by atoms with Gasteiger partial charge in [-0.1, -0.05) is 66.7 Å². The summed E-state index contributed by atoms with van der Waals surface area (Å²) in [5.74, 6) is -5.03. The lowest BCUT2D eigenvalue weighted by molar-refractivity contribution is -0.170. The number of esters is 3. The van der Waals surface area contributed by atoms with Gasteiger partial charge in [0.25, 0.3) is 5.91 Å². The largest absolute Gasteiger partial charge is 0.478 e. The third kappa shape index (κ3) is 8.35. The fourth-order valence-electron chi connectivity index (χ4n) is 5.11. The summed E-state index contributed by atoms with van der Waals surface area (Å²) in [5, 5.41) is 12.5. The summed E-state index contributed by atoms with van der Waals surface area (Å²) in [5.41, 5.74) is -2.40. The molecule has 0 aliphatic heterocycles. The maximum Gasteiger partial charge on any atom is 0.416 e. The van der Waals surface area contributed by atoms with Gasteiger partial charge >= 0.3 is 30.1 Å². The minimum Gasteiger partial charge on any atom is -0.478 e. The van der Waals surface area contributed by atoms with Crippen molar-refractivity contribution in [3.05, 3.63) is 125 Å². The van der Waals surface area contributed by atoms with Crippen molar-refractivity contribution >= 4 is 35.5 Å². The second kappa shape index (κ2) is 15.9. The van der Waals surface area contributed by atoms with E-state index in [1.54, 1.807) is 50.2 Å². The number of aromatic carboxylic acids is 1. The zero-order valence-corrected chi connectivity index (χ0v) is 26.9. The van der Waals surface area contributed by atoms with Crippen LogP contribution in [-0.4, -0.2) is 54.7 Å². The Hall–Kier alpha value is -5.98. The van der Waals surface area contributed by atoms with Crippen molar-refractivity contribution in [2.75, 3.05) is 25.1 Å². The van der Waals surface area contributed by atoms with Crippen molar-refractivity contribution in [1.82, 2.24) is 0 Å². The first kappa shape index (κ1) is 36.8. The monoisotopic (exact) mass is 691 g/mol. The van der Waals surface area contributed by atoms with Crippen LogP contribution in [0.25, 0.3) is 11.1 Å². The van der Waals surface area contributed by atoms with Crippen LogP contribution >= 0.6 is 0 Å². The van der Waals surface area contributed by atoms with Gasteiger partial charge in [-0.05, 0) is 66.4 Å². The Bertz CT molecular complexity index is 1860. The standard InChI is InChI=1S/C37H32F3NO9/c1-3-48-34(46)36(35(47)49-4-2,25-10-6-5-7-11-25)22-50-31(42)21-23-14-19-30(29(20-23)33(44)45)41-32(43)28-13-9-8-12-27(28)24-15-17-26(18-16-24)37(38,39)40/h5-20H,3-4,21-22H2,1-2H3,(H,41,43)(H,44,45). The number of nitrogens with one attached hydrogen (secondary N) is 1. The summed E-state index contributed by atoms with van der Waals surface area (Å²) in [6, 6.07) is 22.0. The number of carboxylic acids is 1. The lowest BCUT2D eigenvalue weighted by Crippen LogP contribution is -2.50. The van der Waals surface area contributed by atoms with Crippen molar-refractivity contribution < 1.29 is 56.5 Å². The molecule has 0 spiro atoms. The van der Waals surface area contributed by atoms with Gasteiger partial charge in [-0.3, -0.25) is 19.2 Å².